The molecule has 3 rings (SSSR count). The van der Waals surface area contributed by atoms with Gasteiger partial charge in [0, 0.05) is 28.7 Å². The van der Waals surface area contributed by atoms with Crippen molar-refractivity contribution < 1.29 is 4.79 Å². The van der Waals surface area contributed by atoms with E-state index in [0.29, 0.717) is 28.2 Å². The fraction of sp³-hybridized carbons (Fsp3) is 0.250. The summed E-state index contributed by atoms with van der Waals surface area (Å²) in [4.78, 5) is 21.5. The summed E-state index contributed by atoms with van der Waals surface area (Å²) < 4.78 is 1.63. The van der Waals surface area contributed by atoms with Gasteiger partial charge in [-0.1, -0.05) is 40.7 Å². The van der Waals surface area contributed by atoms with Gasteiger partial charge in [-0.05, 0) is 44.5 Å². The number of halogens is 1. The summed E-state index contributed by atoms with van der Waals surface area (Å²) >= 11 is 7.71. The van der Waals surface area contributed by atoms with E-state index in [-0.39, 0.29) is 11.6 Å². The molecule has 0 radical (unpaired) electrons. The molecule has 3 aromatic rings. The number of benzene rings is 1. The zero-order valence-electron chi connectivity index (χ0n) is 16.4. The van der Waals surface area contributed by atoms with Crippen molar-refractivity contribution in [3.8, 4) is 5.69 Å². The number of carbonyl (C=O) groups excluding carboxylic acids is 1. The average molecular weight is 429 g/mol. The van der Waals surface area contributed by atoms with Crippen LogP contribution in [0.2, 0.25) is 5.02 Å². The third-order valence-electron chi connectivity index (χ3n) is 4.08. The molecule has 1 N–H and O–H groups in total. The molecule has 7 nitrogen and oxygen atoms in total. The number of hydrogen-bond acceptors (Lipinski definition) is 6. The molecule has 0 saturated heterocycles. The quantitative estimate of drug-likeness (QED) is 0.349. The Kier molecular flexibility index (Phi) is 6.66. The molecule has 0 spiro atoms. The van der Waals surface area contributed by atoms with Crippen LogP contribution in [0.5, 0.6) is 0 Å². The minimum Gasteiger partial charge on any atom is -0.347 e. The minimum absolute atomic E-state index is 0.250. The fourth-order valence-electron chi connectivity index (χ4n) is 2.67. The summed E-state index contributed by atoms with van der Waals surface area (Å²) in [7, 11) is 0. The predicted molar refractivity (Wildman–Crippen MR) is 115 cm³/mol. The lowest BCUT2D eigenvalue weighted by Gasteiger charge is -2.09. The van der Waals surface area contributed by atoms with Gasteiger partial charge < -0.3 is 5.32 Å². The molecular formula is C20H21ClN6OS. The first-order valence-electron chi connectivity index (χ1n) is 8.94. The van der Waals surface area contributed by atoms with Crippen molar-refractivity contribution >= 4 is 29.3 Å². The molecule has 0 saturated carbocycles. The molecule has 0 bridgehead atoms. The Morgan fingerprint density at radius 3 is 2.62 bits per heavy atom. The van der Waals surface area contributed by atoms with E-state index >= 15 is 0 Å². The Balaban J connectivity index is 1.98. The van der Waals surface area contributed by atoms with Crippen molar-refractivity contribution in [1.29, 1.82) is 0 Å². The zero-order valence-corrected chi connectivity index (χ0v) is 18.0. The van der Waals surface area contributed by atoms with Gasteiger partial charge in [-0.25, -0.2) is 14.6 Å². The Labute approximate surface area is 178 Å². The maximum Gasteiger partial charge on any atom is 0.274 e. The Hall–Kier alpha value is -2.71. The maximum absolute atomic E-state index is 12.6. The van der Waals surface area contributed by atoms with Crippen molar-refractivity contribution in [2.45, 2.75) is 31.7 Å². The molecule has 0 fully saturated rings. The molecule has 2 aromatic heterocycles. The van der Waals surface area contributed by atoms with Crippen molar-refractivity contribution in [1.82, 2.24) is 30.3 Å². The molecule has 150 valence electrons. The second kappa shape index (κ2) is 9.19. The van der Waals surface area contributed by atoms with Crippen LogP contribution < -0.4 is 5.32 Å². The maximum atomic E-state index is 12.6. The minimum atomic E-state index is -0.314. The first-order chi connectivity index (χ1) is 13.9. The summed E-state index contributed by atoms with van der Waals surface area (Å²) in [6, 6.07) is 7.51. The number of rotatable bonds is 7. The summed E-state index contributed by atoms with van der Waals surface area (Å²) in [5.74, 6) is 0.101. The first kappa shape index (κ1) is 21.0. The fourth-order valence-corrected chi connectivity index (χ4v) is 3.78. The number of nitrogens with one attached hydrogen (secondary N) is 1. The molecule has 0 unspecified atom stereocenters. The van der Waals surface area contributed by atoms with Crippen LogP contribution in [0.4, 0.5) is 0 Å². The van der Waals surface area contributed by atoms with Crippen LogP contribution in [-0.2, 0) is 5.75 Å². The largest absolute Gasteiger partial charge is 0.347 e. The lowest BCUT2D eigenvalue weighted by molar-refractivity contribution is 0.0952. The molecule has 1 amide bonds. The summed E-state index contributed by atoms with van der Waals surface area (Å²) in [5, 5.41) is 12.3. The lowest BCUT2D eigenvalue weighted by atomic mass is 10.2. The molecule has 0 aliphatic carbocycles. The van der Waals surface area contributed by atoms with E-state index in [0.717, 1.165) is 22.6 Å². The standard InChI is InChI=1S/C20H21ClN6OS/c1-5-8-22-19(28)18-17(11-29-20-23-13(3)9-14(4)24-20)27(26-25-18)15-7-6-12(2)16(21)10-15/h5-7,9-10H,1,8,11H2,2-4H3,(H,22,28). The van der Waals surface area contributed by atoms with Gasteiger partial charge in [-0.15, -0.1) is 11.7 Å². The highest BCUT2D eigenvalue weighted by molar-refractivity contribution is 7.98. The number of amides is 1. The summed E-state index contributed by atoms with van der Waals surface area (Å²) in [6.07, 6.45) is 1.61. The van der Waals surface area contributed by atoms with Gasteiger partial charge in [0.1, 0.15) is 0 Å². The van der Waals surface area contributed by atoms with Crippen molar-refractivity contribution in [3.63, 3.8) is 0 Å². The number of hydrogen-bond donors (Lipinski definition) is 1. The third kappa shape index (κ3) is 5.02. The van der Waals surface area contributed by atoms with Gasteiger partial charge in [-0.2, -0.15) is 0 Å². The van der Waals surface area contributed by atoms with E-state index in [1.165, 1.54) is 11.8 Å². The second-order valence-electron chi connectivity index (χ2n) is 6.45. The summed E-state index contributed by atoms with van der Waals surface area (Å²) in [5.41, 5.74) is 4.35. The number of carbonyl (C=O) groups is 1. The second-order valence-corrected chi connectivity index (χ2v) is 7.80. The van der Waals surface area contributed by atoms with Gasteiger partial charge in [0.2, 0.25) is 0 Å². The van der Waals surface area contributed by atoms with Crippen molar-refractivity contribution in [2.24, 2.45) is 0 Å². The molecule has 2 heterocycles. The van der Waals surface area contributed by atoms with E-state index in [9.17, 15) is 4.79 Å². The Bertz CT molecular complexity index is 1040. The average Bonchev–Trinajstić information content (AvgIpc) is 3.10. The van der Waals surface area contributed by atoms with E-state index in [1.54, 1.807) is 16.8 Å². The van der Waals surface area contributed by atoms with E-state index in [2.05, 4.69) is 32.2 Å². The highest BCUT2D eigenvalue weighted by Gasteiger charge is 2.21. The lowest BCUT2D eigenvalue weighted by Crippen LogP contribution is -2.25. The normalized spacial score (nSPS) is 10.8. The van der Waals surface area contributed by atoms with Gasteiger partial charge in [0.25, 0.3) is 5.91 Å². The highest BCUT2D eigenvalue weighted by Crippen LogP contribution is 2.25. The van der Waals surface area contributed by atoms with Crippen LogP contribution in [0.25, 0.3) is 5.69 Å². The van der Waals surface area contributed by atoms with Crippen LogP contribution in [0.3, 0.4) is 0 Å². The molecular weight excluding hydrogens is 408 g/mol. The SMILES string of the molecule is C=CCNC(=O)c1nnn(-c2ccc(C)c(Cl)c2)c1CSc1nc(C)cc(C)n1. The van der Waals surface area contributed by atoms with E-state index < -0.39 is 0 Å². The Morgan fingerprint density at radius 2 is 1.97 bits per heavy atom. The topological polar surface area (TPSA) is 85.6 Å². The number of aryl methyl sites for hydroxylation is 3. The predicted octanol–water partition coefficient (Wildman–Crippen LogP) is 3.84. The zero-order chi connectivity index (χ0) is 21.0. The van der Waals surface area contributed by atoms with Gasteiger partial charge in [0.05, 0.1) is 11.4 Å². The molecule has 9 heteroatoms. The first-order valence-corrected chi connectivity index (χ1v) is 10.3. The number of thioether (sulfide) groups is 1. The summed E-state index contributed by atoms with van der Waals surface area (Å²) in [6.45, 7) is 9.74. The highest BCUT2D eigenvalue weighted by atomic mass is 35.5. The van der Waals surface area contributed by atoms with Crippen LogP contribution in [-0.4, -0.2) is 37.4 Å². The van der Waals surface area contributed by atoms with Crippen molar-refractivity contribution in [3.05, 3.63) is 70.3 Å². The monoisotopic (exact) mass is 428 g/mol. The van der Waals surface area contributed by atoms with Gasteiger partial charge in [0.15, 0.2) is 10.9 Å². The Morgan fingerprint density at radius 1 is 1.24 bits per heavy atom. The van der Waals surface area contributed by atoms with Gasteiger partial charge >= 0.3 is 0 Å². The number of aromatic nitrogens is 5. The van der Waals surface area contributed by atoms with Crippen LogP contribution in [0, 0.1) is 20.8 Å². The molecule has 0 aliphatic rings. The van der Waals surface area contributed by atoms with E-state index in [1.807, 2.05) is 39.0 Å². The number of nitrogens with zero attached hydrogens (tertiary/aromatic N) is 5. The molecule has 0 atom stereocenters. The smallest absolute Gasteiger partial charge is 0.274 e. The molecule has 29 heavy (non-hydrogen) atoms. The van der Waals surface area contributed by atoms with Gasteiger partial charge in [-0.3, -0.25) is 4.79 Å². The van der Waals surface area contributed by atoms with Crippen molar-refractivity contribution in [2.75, 3.05) is 6.54 Å². The molecule has 0 aliphatic heterocycles. The van der Waals surface area contributed by atoms with Crippen LogP contribution in [0.1, 0.15) is 33.1 Å². The molecule has 1 aromatic carbocycles. The van der Waals surface area contributed by atoms with E-state index in [4.69, 9.17) is 11.6 Å². The van der Waals surface area contributed by atoms with Crippen LogP contribution in [0.15, 0.2) is 42.1 Å². The third-order valence-corrected chi connectivity index (χ3v) is 5.35. The van der Waals surface area contributed by atoms with Crippen LogP contribution >= 0.6 is 23.4 Å².